The molecule has 0 saturated carbocycles. The highest BCUT2D eigenvalue weighted by Gasteiger charge is 2.22. The Morgan fingerprint density at radius 3 is 2.67 bits per heavy atom. The Hall–Kier alpha value is -1.82. The molecule has 0 amide bonds. The molecule has 100 valence electrons. The molecule has 1 aromatic rings. The van der Waals surface area contributed by atoms with E-state index in [1.54, 1.807) is 25.1 Å². The van der Waals surface area contributed by atoms with E-state index in [1.807, 2.05) is 13.8 Å². The molecule has 0 heterocycles. The predicted octanol–water partition coefficient (Wildman–Crippen LogP) is 2.14. The van der Waals surface area contributed by atoms with Gasteiger partial charge in [-0.2, -0.15) is 0 Å². The first kappa shape index (κ1) is 14.2. The monoisotopic (exact) mass is 253 g/mol. The van der Waals surface area contributed by atoms with Crippen molar-refractivity contribution in [2.75, 3.05) is 18.5 Å². The molecule has 0 radical (unpaired) electrons. The van der Waals surface area contributed by atoms with Gasteiger partial charge in [0, 0.05) is 12.1 Å². The molecule has 0 aliphatic heterocycles. The molecular formula is C12H19N3O3. The smallest absolute Gasteiger partial charge is 0.333 e. The molecule has 0 bridgehead atoms. The first-order chi connectivity index (χ1) is 8.35. The van der Waals surface area contributed by atoms with Crippen LogP contribution in [0.15, 0.2) is 18.2 Å². The van der Waals surface area contributed by atoms with Crippen molar-refractivity contribution in [1.82, 2.24) is 0 Å². The van der Waals surface area contributed by atoms with E-state index < -0.39 is 10.5 Å². The first-order valence-corrected chi connectivity index (χ1v) is 5.78. The average Bonchev–Trinajstić information content (AvgIpc) is 2.25. The molecule has 1 aromatic carbocycles. The number of ether oxygens (including phenoxy) is 1. The number of anilines is 1. The van der Waals surface area contributed by atoms with Gasteiger partial charge in [0.2, 0.25) is 0 Å². The molecule has 0 atom stereocenters. The van der Waals surface area contributed by atoms with E-state index in [2.05, 4.69) is 5.32 Å². The number of nitrogens with one attached hydrogen (secondary N) is 1. The van der Waals surface area contributed by atoms with Crippen LogP contribution in [0.4, 0.5) is 11.4 Å². The SMILES string of the molecule is CCOc1cccc(NCC(C)(C)N)c1[N+](=O)[O-]. The van der Waals surface area contributed by atoms with Crippen molar-refractivity contribution in [1.29, 1.82) is 0 Å². The lowest BCUT2D eigenvalue weighted by Crippen LogP contribution is -2.39. The Balaban J connectivity index is 3.03. The number of benzene rings is 1. The molecule has 0 aliphatic rings. The maximum atomic E-state index is 11.1. The molecule has 0 aromatic heterocycles. The summed E-state index contributed by atoms with van der Waals surface area (Å²) in [4.78, 5) is 10.6. The zero-order valence-electron chi connectivity index (χ0n) is 10.9. The standard InChI is InChI=1S/C12H19N3O3/c1-4-18-10-7-5-6-9(11(10)15(16)17)14-8-12(2,3)13/h5-7,14H,4,8,13H2,1-3H3. The van der Waals surface area contributed by atoms with Crippen molar-refractivity contribution >= 4 is 11.4 Å². The maximum Gasteiger partial charge on any atom is 0.333 e. The molecule has 0 aliphatic carbocycles. The van der Waals surface area contributed by atoms with Crippen LogP contribution in [0.1, 0.15) is 20.8 Å². The third-order valence-corrected chi connectivity index (χ3v) is 2.22. The second-order valence-corrected chi connectivity index (χ2v) is 4.68. The minimum Gasteiger partial charge on any atom is -0.487 e. The van der Waals surface area contributed by atoms with E-state index in [4.69, 9.17) is 10.5 Å². The Morgan fingerprint density at radius 1 is 1.50 bits per heavy atom. The van der Waals surface area contributed by atoms with E-state index in [-0.39, 0.29) is 11.4 Å². The van der Waals surface area contributed by atoms with Crippen LogP contribution in [-0.4, -0.2) is 23.6 Å². The van der Waals surface area contributed by atoms with Gasteiger partial charge in [0.1, 0.15) is 5.69 Å². The van der Waals surface area contributed by atoms with Crippen molar-refractivity contribution in [2.24, 2.45) is 5.73 Å². The molecule has 3 N–H and O–H groups in total. The van der Waals surface area contributed by atoms with Gasteiger partial charge in [-0.05, 0) is 32.9 Å². The van der Waals surface area contributed by atoms with E-state index in [1.165, 1.54) is 0 Å². The number of nitro benzene ring substituents is 1. The number of nitrogens with two attached hydrogens (primary N) is 1. The van der Waals surface area contributed by atoms with Crippen molar-refractivity contribution in [3.63, 3.8) is 0 Å². The van der Waals surface area contributed by atoms with Gasteiger partial charge in [0.25, 0.3) is 0 Å². The van der Waals surface area contributed by atoms with Crippen LogP contribution in [0, 0.1) is 10.1 Å². The van der Waals surface area contributed by atoms with Crippen molar-refractivity contribution in [3.05, 3.63) is 28.3 Å². The van der Waals surface area contributed by atoms with Crippen molar-refractivity contribution in [2.45, 2.75) is 26.3 Å². The molecule has 0 unspecified atom stereocenters. The summed E-state index contributed by atoms with van der Waals surface area (Å²) in [5.41, 5.74) is 5.76. The molecule has 0 saturated heterocycles. The predicted molar refractivity (Wildman–Crippen MR) is 71.0 cm³/mol. The van der Waals surface area contributed by atoms with Crippen LogP contribution < -0.4 is 15.8 Å². The fourth-order valence-corrected chi connectivity index (χ4v) is 1.45. The van der Waals surface area contributed by atoms with Gasteiger partial charge < -0.3 is 15.8 Å². The minimum absolute atomic E-state index is 0.0522. The van der Waals surface area contributed by atoms with Gasteiger partial charge in [-0.25, -0.2) is 0 Å². The van der Waals surface area contributed by atoms with Crippen LogP contribution in [0.3, 0.4) is 0 Å². The summed E-state index contributed by atoms with van der Waals surface area (Å²) in [5, 5.41) is 14.1. The van der Waals surface area contributed by atoms with Gasteiger partial charge in [-0.1, -0.05) is 6.07 Å². The number of rotatable bonds is 6. The summed E-state index contributed by atoms with van der Waals surface area (Å²) >= 11 is 0. The van der Waals surface area contributed by atoms with Crippen molar-refractivity contribution in [3.8, 4) is 5.75 Å². The second-order valence-electron chi connectivity index (χ2n) is 4.68. The number of para-hydroxylation sites is 1. The maximum absolute atomic E-state index is 11.1. The summed E-state index contributed by atoms with van der Waals surface area (Å²) in [5.74, 6) is 0.266. The lowest BCUT2D eigenvalue weighted by molar-refractivity contribution is -0.384. The van der Waals surface area contributed by atoms with Crippen molar-refractivity contribution < 1.29 is 9.66 Å². The number of hydrogen-bond donors (Lipinski definition) is 2. The Morgan fingerprint density at radius 2 is 2.17 bits per heavy atom. The van der Waals surface area contributed by atoms with Gasteiger partial charge in [0.05, 0.1) is 11.5 Å². The molecule has 18 heavy (non-hydrogen) atoms. The number of nitro groups is 1. The lowest BCUT2D eigenvalue weighted by Gasteiger charge is -2.20. The van der Waals surface area contributed by atoms with Gasteiger partial charge in [-0.15, -0.1) is 0 Å². The molecule has 6 nitrogen and oxygen atoms in total. The molecule has 1 rings (SSSR count). The highest BCUT2D eigenvalue weighted by Crippen LogP contribution is 2.34. The summed E-state index contributed by atoms with van der Waals surface area (Å²) in [6.45, 7) is 6.29. The summed E-state index contributed by atoms with van der Waals surface area (Å²) in [7, 11) is 0. The fraction of sp³-hybridized carbons (Fsp3) is 0.500. The highest BCUT2D eigenvalue weighted by molar-refractivity contribution is 5.68. The van der Waals surface area contributed by atoms with E-state index in [0.717, 1.165) is 0 Å². The normalized spacial score (nSPS) is 11.1. The van der Waals surface area contributed by atoms with Gasteiger partial charge >= 0.3 is 5.69 Å². The quantitative estimate of drug-likeness (QED) is 0.598. The molecular weight excluding hydrogens is 234 g/mol. The Bertz CT molecular complexity index is 427. The van der Waals surface area contributed by atoms with Gasteiger partial charge in [0.15, 0.2) is 5.75 Å². The Kier molecular flexibility index (Phi) is 4.49. The average molecular weight is 253 g/mol. The Labute approximate surface area is 106 Å². The first-order valence-electron chi connectivity index (χ1n) is 5.78. The fourth-order valence-electron chi connectivity index (χ4n) is 1.45. The van der Waals surface area contributed by atoms with Crippen LogP contribution in [0.5, 0.6) is 5.75 Å². The highest BCUT2D eigenvalue weighted by atomic mass is 16.6. The van der Waals surface area contributed by atoms with Gasteiger partial charge in [-0.3, -0.25) is 10.1 Å². The van der Waals surface area contributed by atoms with E-state index in [0.29, 0.717) is 18.8 Å². The summed E-state index contributed by atoms with van der Waals surface area (Å²) < 4.78 is 5.26. The zero-order chi connectivity index (χ0) is 13.8. The summed E-state index contributed by atoms with van der Waals surface area (Å²) in [6, 6.07) is 4.94. The third-order valence-electron chi connectivity index (χ3n) is 2.22. The number of nitrogens with zero attached hydrogens (tertiary/aromatic N) is 1. The molecule has 0 spiro atoms. The second kappa shape index (κ2) is 5.68. The van der Waals surface area contributed by atoms with Crippen LogP contribution in [0.25, 0.3) is 0 Å². The largest absolute Gasteiger partial charge is 0.487 e. The van der Waals surface area contributed by atoms with Crippen LogP contribution in [0.2, 0.25) is 0 Å². The van der Waals surface area contributed by atoms with E-state index >= 15 is 0 Å². The number of hydrogen-bond acceptors (Lipinski definition) is 5. The zero-order valence-corrected chi connectivity index (χ0v) is 10.9. The molecule has 0 fully saturated rings. The topological polar surface area (TPSA) is 90.4 Å². The third kappa shape index (κ3) is 3.89. The summed E-state index contributed by atoms with van der Waals surface area (Å²) in [6.07, 6.45) is 0. The minimum atomic E-state index is -0.449. The lowest BCUT2D eigenvalue weighted by atomic mass is 10.1. The molecule has 6 heteroatoms. The van der Waals surface area contributed by atoms with Crippen LogP contribution in [-0.2, 0) is 0 Å². The van der Waals surface area contributed by atoms with Crippen LogP contribution >= 0.6 is 0 Å². The van der Waals surface area contributed by atoms with E-state index in [9.17, 15) is 10.1 Å².